The van der Waals surface area contributed by atoms with Gasteiger partial charge in [-0.1, -0.05) is 5.16 Å². The van der Waals surface area contributed by atoms with E-state index < -0.39 is 6.61 Å². The second-order valence-electron chi connectivity index (χ2n) is 1.07. The van der Waals surface area contributed by atoms with Crippen molar-refractivity contribution in [2.24, 2.45) is 10.9 Å². The standard InChI is InChI=1S/C2H6N2O2.C2H3NO/c3-2(1-5)4-6;3-1-2-4/h5-6H,1H2,(H2,3,4);4H,2H2. The first-order chi connectivity index (χ1) is 4.72. The first-order valence-electron chi connectivity index (χ1n) is 2.28. The molecule has 58 valence electrons. The van der Waals surface area contributed by atoms with Gasteiger partial charge in [-0.15, -0.1) is 0 Å². The van der Waals surface area contributed by atoms with Crippen LogP contribution >= 0.6 is 0 Å². The van der Waals surface area contributed by atoms with Crippen LogP contribution in [0, 0.1) is 11.3 Å². The maximum absolute atomic E-state index is 7.92. The lowest BCUT2D eigenvalue weighted by atomic mass is 10.7. The van der Waals surface area contributed by atoms with E-state index in [1.807, 2.05) is 0 Å². The number of amidine groups is 1. The SMILES string of the molecule is N#CCO.N/C(CO)=N\O. The van der Waals surface area contributed by atoms with Gasteiger partial charge in [-0.25, -0.2) is 0 Å². The van der Waals surface area contributed by atoms with Gasteiger partial charge in [-0.05, 0) is 0 Å². The van der Waals surface area contributed by atoms with E-state index in [1.165, 1.54) is 6.07 Å². The highest BCUT2D eigenvalue weighted by Gasteiger charge is 1.79. The van der Waals surface area contributed by atoms with E-state index in [0.29, 0.717) is 0 Å². The molecule has 0 amide bonds. The number of hydrogen-bond donors (Lipinski definition) is 4. The van der Waals surface area contributed by atoms with E-state index in [-0.39, 0.29) is 12.4 Å². The van der Waals surface area contributed by atoms with Gasteiger partial charge in [0.05, 0.1) is 6.07 Å². The molecule has 0 aliphatic rings. The van der Waals surface area contributed by atoms with Crippen molar-refractivity contribution in [1.29, 1.82) is 5.26 Å². The van der Waals surface area contributed by atoms with E-state index in [0.717, 1.165) is 0 Å². The zero-order valence-corrected chi connectivity index (χ0v) is 5.23. The summed E-state index contributed by atoms with van der Waals surface area (Å²) in [6.45, 7) is -0.767. The monoisotopic (exact) mass is 147 g/mol. The first-order valence-corrected chi connectivity index (χ1v) is 2.28. The molecule has 0 aromatic carbocycles. The summed E-state index contributed by atoms with van der Waals surface area (Å²) in [5.74, 6) is -0.171. The van der Waals surface area contributed by atoms with Gasteiger partial charge in [0.15, 0.2) is 5.84 Å². The molecule has 6 heteroatoms. The molecule has 0 spiro atoms. The van der Waals surface area contributed by atoms with Crippen LogP contribution in [0.4, 0.5) is 0 Å². The Bertz CT molecular complexity index is 128. The second-order valence-corrected chi connectivity index (χ2v) is 1.07. The summed E-state index contributed by atoms with van der Waals surface area (Å²) in [4.78, 5) is 0. The number of aliphatic hydroxyl groups excluding tert-OH is 2. The molecule has 0 aromatic rings. The summed E-state index contributed by atoms with van der Waals surface area (Å²) >= 11 is 0. The number of hydrogen-bond acceptors (Lipinski definition) is 5. The van der Waals surface area contributed by atoms with E-state index in [2.05, 4.69) is 5.16 Å². The van der Waals surface area contributed by atoms with Crippen molar-refractivity contribution in [2.75, 3.05) is 13.2 Å². The minimum absolute atomic E-state index is 0.171. The third kappa shape index (κ3) is 15.9. The molecule has 0 radical (unpaired) electrons. The highest BCUT2D eigenvalue weighted by Crippen LogP contribution is 1.55. The Labute approximate surface area is 57.8 Å². The van der Waals surface area contributed by atoms with Crippen molar-refractivity contribution in [3.63, 3.8) is 0 Å². The molecular formula is C4H9N3O3. The van der Waals surface area contributed by atoms with E-state index in [9.17, 15) is 0 Å². The topological polar surface area (TPSA) is 123 Å². The Morgan fingerprint density at radius 2 is 2.00 bits per heavy atom. The molecule has 0 saturated carbocycles. The smallest absolute Gasteiger partial charge is 0.164 e. The van der Waals surface area contributed by atoms with Gasteiger partial charge < -0.3 is 21.2 Å². The average molecular weight is 147 g/mol. The summed E-state index contributed by atoms with van der Waals surface area (Å²) in [5.41, 5.74) is 4.72. The van der Waals surface area contributed by atoms with Crippen molar-refractivity contribution in [1.82, 2.24) is 0 Å². The van der Waals surface area contributed by atoms with Crippen molar-refractivity contribution in [3.05, 3.63) is 0 Å². The Hall–Kier alpha value is -1.32. The fourth-order valence-electron chi connectivity index (χ4n) is 0.0316. The number of oxime groups is 1. The molecule has 0 fully saturated rings. The molecule has 0 unspecified atom stereocenters. The fraction of sp³-hybridized carbons (Fsp3) is 0.500. The number of nitriles is 1. The van der Waals surface area contributed by atoms with Gasteiger partial charge in [-0.3, -0.25) is 0 Å². The van der Waals surface area contributed by atoms with Crippen LogP contribution in [0.3, 0.4) is 0 Å². The molecule has 0 aliphatic carbocycles. The average Bonchev–Trinajstić information content (AvgIpc) is 2.03. The maximum atomic E-state index is 7.92. The highest BCUT2D eigenvalue weighted by molar-refractivity contribution is 5.80. The molecule has 0 rings (SSSR count). The van der Waals surface area contributed by atoms with Crippen LogP contribution in [0.15, 0.2) is 5.16 Å². The lowest BCUT2D eigenvalue weighted by molar-refractivity contribution is 0.301. The molecule has 0 aromatic heterocycles. The minimum Gasteiger partial charge on any atom is -0.409 e. The van der Waals surface area contributed by atoms with E-state index >= 15 is 0 Å². The van der Waals surface area contributed by atoms with Crippen molar-refractivity contribution < 1.29 is 15.4 Å². The van der Waals surface area contributed by atoms with Gasteiger partial charge in [0.25, 0.3) is 0 Å². The predicted molar refractivity (Wildman–Crippen MR) is 33.2 cm³/mol. The first kappa shape index (κ1) is 11.5. The Morgan fingerprint density at radius 1 is 1.60 bits per heavy atom. The molecule has 0 atom stereocenters. The Kier molecular flexibility index (Phi) is 12.2. The van der Waals surface area contributed by atoms with Gasteiger partial charge >= 0.3 is 0 Å². The highest BCUT2D eigenvalue weighted by atomic mass is 16.4. The van der Waals surface area contributed by atoms with E-state index in [4.69, 9.17) is 26.4 Å². The summed E-state index contributed by atoms with van der Waals surface area (Å²) in [6.07, 6.45) is 0. The largest absolute Gasteiger partial charge is 0.409 e. The van der Waals surface area contributed by atoms with Crippen LogP contribution in [-0.4, -0.2) is 34.5 Å². The van der Waals surface area contributed by atoms with Gasteiger partial charge in [0, 0.05) is 0 Å². The molecule has 10 heavy (non-hydrogen) atoms. The lowest BCUT2D eigenvalue weighted by Crippen LogP contribution is -2.15. The fourth-order valence-corrected chi connectivity index (χ4v) is 0.0316. The molecule has 5 N–H and O–H groups in total. The van der Waals surface area contributed by atoms with Crippen LogP contribution in [-0.2, 0) is 0 Å². The molecule has 0 aliphatic heterocycles. The van der Waals surface area contributed by atoms with Crippen LogP contribution in [0.5, 0.6) is 0 Å². The number of rotatable bonds is 1. The van der Waals surface area contributed by atoms with Crippen molar-refractivity contribution >= 4 is 5.84 Å². The third-order valence-electron chi connectivity index (χ3n) is 0.361. The van der Waals surface area contributed by atoms with Gasteiger partial charge in [0.2, 0.25) is 0 Å². The Balaban J connectivity index is 0. The molecular weight excluding hydrogens is 138 g/mol. The second kappa shape index (κ2) is 10.6. The number of nitrogens with two attached hydrogens (primary N) is 1. The predicted octanol–water partition coefficient (Wildman–Crippen LogP) is -1.77. The summed E-state index contributed by atoms with van der Waals surface area (Å²) in [5, 5.41) is 32.9. The number of aliphatic hydroxyl groups is 2. The summed E-state index contributed by atoms with van der Waals surface area (Å²) in [6, 6.07) is 1.49. The van der Waals surface area contributed by atoms with Crippen LogP contribution < -0.4 is 5.73 Å². The zero-order chi connectivity index (χ0) is 8.41. The van der Waals surface area contributed by atoms with E-state index in [1.54, 1.807) is 0 Å². The molecule has 0 bridgehead atoms. The van der Waals surface area contributed by atoms with Crippen LogP contribution in [0.1, 0.15) is 0 Å². The quantitative estimate of drug-likeness (QED) is 0.115. The minimum atomic E-state index is -0.392. The van der Waals surface area contributed by atoms with Crippen molar-refractivity contribution in [3.8, 4) is 6.07 Å². The molecule has 0 saturated heterocycles. The van der Waals surface area contributed by atoms with Crippen LogP contribution in [0.2, 0.25) is 0 Å². The van der Waals surface area contributed by atoms with Crippen LogP contribution in [0.25, 0.3) is 0 Å². The number of nitrogens with zero attached hydrogens (tertiary/aromatic N) is 2. The normalized spacial score (nSPS) is 9.10. The molecule has 0 heterocycles. The maximum Gasteiger partial charge on any atom is 0.164 e. The Morgan fingerprint density at radius 3 is 2.00 bits per heavy atom. The van der Waals surface area contributed by atoms with Crippen molar-refractivity contribution in [2.45, 2.75) is 0 Å². The molecule has 6 nitrogen and oxygen atoms in total. The zero-order valence-electron chi connectivity index (χ0n) is 5.23. The van der Waals surface area contributed by atoms with Gasteiger partial charge in [-0.2, -0.15) is 5.26 Å². The summed E-state index contributed by atoms with van der Waals surface area (Å²) < 4.78 is 0. The third-order valence-corrected chi connectivity index (χ3v) is 0.361. The lowest BCUT2D eigenvalue weighted by Gasteiger charge is -1.82. The summed E-state index contributed by atoms with van der Waals surface area (Å²) in [7, 11) is 0. The van der Waals surface area contributed by atoms with Gasteiger partial charge in [0.1, 0.15) is 13.2 Å².